The summed E-state index contributed by atoms with van der Waals surface area (Å²) in [6, 6.07) is 1.14. The molecule has 0 radical (unpaired) electrons. The minimum absolute atomic E-state index is 0.0984. The molecule has 1 atom stereocenters. The first kappa shape index (κ1) is 14.4. The van der Waals surface area contributed by atoms with Crippen LogP contribution in [0.5, 0.6) is 0 Å². The smallest absolute Gasteiger partial charge is 0.321 e. The van der Waals surface area contributed by atoms with E-state index in [2.05, 4.69) is 20.6 Å². The van der Waals surface area contributed by atoms with Crippen LogP contribution in [0.3, 0.4) is 0 Å². The van der Waals surface area contributed by atoms with E-state index in [0.717, 1.165) is 11.4 Å². The lowest BCUT2D eigenvalue weighted by molar-refractivity contribution is 0.204. The predicted molar refractivity (Wildman–Crippen MR) is 69.4 cm³/mol. The number of nitrogens with zero attached hydrogens (tertiary/aromatic N) is 2. The summed E-state index contributed by atoms with van der Waals surface area (Å²) in [5, 5.41) is 14.4. The average Bonchev–Trinajstić information content (AvgIpc) is 2.23. The molecular formula is C12H20N4O2. The molecule has 1 rings (SSSR count). The number of rotatable bonds is 4. The number of amides is 2. The lowest BCUT2D eigenvalue weighted by atomic mass is 10.1. The molecule has 0 saturated heterocycles. The van der Waals surface area contributed by atoms with Crippen LogP contribution < -0.4 is 10.6 Å². The highest BCUT2D eigenvalue weighted by atomic mass is 16.3. The first-order valence-corrected chi connectivity index (χ1v) is 5.93. The number of hydrogen-bond donors (Lipinski definition) is 3. The van der Waals surface area contributed by atoms with Gasteiger partial charge in [0.15, 0.2) is 0 Å². The van der Waals surface area contributed by atoms with E-state index in [4.69, 9.17) is 5.11 Å². The maximum Gasteiger partial charge on any atom is 0.321 e. The molecule has 18 heavy (non-hydrogen) atoms. The van der Waals surface area contributed by atoms with Gasteiger partial charge in [-0.25, -0.2) is 14.8 Å². The first-order chi connectivity index (χ1) is 8.42. The molecule has 3 N–H and O–H groups in total. The minimum Gasteiger partial charge on any atom is -0.394 e. The molecule has 0 saturated carbocycles. The normalized spacial score (nSPS) is 12.3. The Morgan fingerprint density at radius 3 is 2.33 bits per heavy atom. The van der Waals surface area contributed by atoms with E-state index in [9.17, 15) is 4.79 Å². The Bertz CT molecular complexity index is 400. The summed E-state index contributed by atoms with van der Waals surface area (Å²) in [7, 11) is 0. The summed E-state index contributed by atoms with van der Waals surface area (Å²) in [6.07, 6.45) is 0. The number of aryl methyl sites for hydroxylation is 2. The van der Waals surface area contributed by atoms with Crippen LogP contribution >= 0.6 is 0 Å². The molecule has 1 heterocycles. The SMILES string of the molecule is Cc1cc(C)nc(NC(=O)N[C@H](CO)C(C)C)n1. The molecule has 6 nitrogen and oxygen atoms in total. The molecule has 0 spiro atoms. The molecule has 2 amide bonds. The lowest BCUT2D eigenvalue weighted by Crippen LogP contribution is -2.43. The van der Waals surface area contributed by atoms with Crippen molar-refractivity contribution in [2.75, 3.05) is 11.9 Å². The molecule has 0 aliphatic heterocycles. The summed E-state index contributed by atoms with van der Waals surface area (Å²) in [4.78, 5) is 19.9. The van der Waals surface area contributed by atoms with Crippen LogP contribution in [0, 0.1) is 19.8 Å². The fraction of sp³-hybridized carbons (Fsp3) is 0.583. The Kier molecular flexibility index (Phi) is 5.03. The van der Waals surface area contributed by atoms with Gasteiger partial charge in [0.2, 0.25) is 5.95 Å². The van der Waals surface area contributed by atoms with Crippen LogP contribution in [0.25, 0.3) is 0 Å². The van der Waals surface area contributed by atoms with Gasteiger partial charge in [0.25, 0.3) is 0 Å². The standard InChI is InChI=1S/C12H20N4O2/c1-7(2)10(6-17)15-12(18)16-11-13-8(3)5-9(4)14-11/h5,7,10,17H,6H2,1-4H3,(H2,13,14,15,16,18)/t10-/m1/s1. The van der Waals surface area contributed by atoms with Gasteiger partial charge in [-0.3, -0.25) is 5.32 Å². The molecule has 1 aromatic heterocycles. The molecule has 100 valence electrons. The predicted octanol–water partition coefficient (Wildman–Crippen LogP) is 1.23. The average molecular weight is 252 g/mol. The van der Waals surface area contributed by atoms with Crippen molar-refractivity contribution in [3.05, 3.63) is 17.5 Å². The van der Waals surface area contributed by atoms with E-state index < -0.39 is 6.03 Å². The Morgan fingerprint density at radius 2 is 1.89 bits per heavy atom. The van der Waals surface area contributed by atoms with E-state index in [1.165, 1.54) is 0 Å². The number of aliphatic hydroxyl groups excluding tert-OH is 1. The van der Waals surface area contributed by atoms with Crippen LogP contribution in [-0.2, 0) is 0 Å². The number of anilines is 1. The zero-order valence-electron chi connectivity index (χ0n) is 11.2. The second-order valence-corrected chi connectivity index (χ2v) is 4.61. The van der Waals surface area contributed by atoms with Gasteiger partial charge in [-0.05, 0) is 25.8 Å². The second-order valence-electron chi connectivity index (χ2n) is 4.61. The van der Waals surface area contributed by atoms with Gasteiger partial charge in [-0.15, -0.1) is 0 Å². The van der Waals surface area contributed by atoms with Crippen molar-refractivity contribution < 1.29 is 9.90 Å². The van der Waals surface area contributed by atoms with Gasteiger partial charge >= 0.3 is 6.03 Å². The summed E-state index contributed by atoms with van der Waals surface area (Å²) in [5.74, 6) is 0.423. The molecule has 0 unspecified atom stereocenters. The Labute approximate surface area is 107 Å². The van der Waals surface area contributed by atoms with Crippen LogP contribution in [0.4, 0.5) is 10.7 Å². The van der Waals surface area contributed by atoms with E-state index in [1.807, 2.05) is 33.8 Å². The van der Waals surface area contributed by atoms with Crippen molar-refractivity contribution >= 4 is 12.0 Å². The zero-order chi connectivity index (χ0) is 13.7. The number of aliphatic hydroxyl groups is 1. The topological polar surface area (TPSA) is 87.1 Å². The van der Waals surface area contributed by atoms with Gasteiger partial charge in [0.1, 0.15) is 0 Å². The summed E-state index contributed by atoms with van der Waals surface area (Å²) in [5.41, 5.74) is 1.58. The van der Waals surface area contributed by atoms with E-state index >= 15 is 0 Å². The van der Waals surface area contributed by atoms with Crippen molar-refractivity contribution in [2.24, 2.45) is 5.92 Å². The Balaban J connectivity index is 2.64. The molecule has 1 aromatic rings. The largest absolute Gasteiger partial charge is 0.394 e. The molecule has 0 aliphatic carbocycles. The van der Waals surface area contributed by atoms with Crippen molar-refractivity contribution in [1.29, 1.82) is 0 Å². The monoisotopic (exact) mass is 252 g/mol. The molecule has 0 aromatic carbocycles. The van der Waals surface area contributed by atoms with E-state index in [0.29, 0.717) is 0 Å². The zero-order valence-corrected chi connectivity index (χ0v) is 11.2. The van der Waals surface area contributed by atoms with Gasteiger partial charge in [-0.1, -0.05) is 13.8 Å². The number of carbonyl (C=O) groups excluding carboxylic acids is 1. The minimum atomic E-state index is -0.409. The van der Waals surface area contributed by atoms with Crippen LogP contribution in [-0.4, -0.2) is 33.8 Å². The number of hydrogen-bond acceptors (Lipinski definition) is 4. The maximum atomic E-state index is 11.7. The Morgan fingerprint density at radius 1 is 1.33 bits per heavy atom. The number of aromatic nitrogens is 2. The van der Waals surface area contributed by atoms with Crippen molar-refractivity contribution in [1.82, 2.24) is 15.3 Å². The van der Waals surface area contributed by atoms with Crippen molar-refractivity contribution in [3.63, 3.8) is 0 Å². The van der Waals surface area contributed by atoms with E-state index in [-0.39, 0.29) is 24.5 Å². The summed E-state index contributed by atoms with van der Waals surface area (Å²) < 4.78 is 0. The summed E-state index contributed by atoms with van der Waals surface area (Å²) in [6.45, 7) is 7.42. The van der Waals surface area contributed by atoms with E-state index in [1.54, 1.807) is 0 Å². The van der Waals surface area contributed by atoms with Crippen molar-refractivity contribution in [2.45, 2.75) is 33.7 Å². The molecular weight excluding hydrogens is 232 g/mol. The quantitative estimate of drug-likeness (QED) is 0.752. The van der Waals surface area contributed by atoms with Crippen LogP contribution in [0.15, 0.2) is 6.07 Å². The fourth-order valence-electron chi connectivity index (χ4n) is 1.51. The number of urea groups is 1. The number of nitrogens with one attached hydrogen (secondary N) is 2. The van der Waals surface area contributed by atoms with Gasteiger partial charge in [0, 0.05) is 11.4 Å². The third kappa shape index (κ3) is 4.29. The maximum absolute atomic E-state index is 11.7. The molecule has 6 heteroatoms. The molecule has 0 bridgehead atoms. The van der Waals surface area contributed by atoms with Crippen molar-refractivity contribution in [3.8, 4) is 0 Å². The van der Waals surface area contributed by atoms with Crippen LogP contribution in [0.1, 0.15) is 25.2 Å². The lowest BCUT2D eigenvalue weighted by Gasteiger charge is -2.19. The highest BCUT2D eigenvalue weighted by Gasteiger charge is 2.15. The highest BCUT2D eigenvalue weighted by Crippen LogP contribution is 2.04. The number of carbonyl (C=O) groups is 1. The second kappa shape index (κ2) is 6.30. The highest BCUT2D eigenvalue weighted by molar-refractivity contribution is 5.87. The van der Waals surface area contributed by atoms with Gasteiger partial charge in [0.05, 0.1) is 12.6 Å². The third-order valence-electron chi connectivity index (χ3n) is 2.53. The molecule has 0 fully saturated rings. The third-order valence-corrected chi connectivity index (χ3v) is 2.53. The van der Waals surface area contributed by atoms with Gasteiger partial charge in [-0.2, -0.15) is 0 Å². The summed E-state index contributed by atoms with van der Waals surface area (Å²) >= 11 is 0. The molecule has 0 aliphatic rings. The fourth-order valence-corrected chi connectivity index (χ4v) is 1.51. The van der Waals surface area contributed by atoms with Gasteiger partial charge < -0.3 is 10.4 Å². The Hall–Kier alpha value is -1.69. The first-order valence-electron chi connectivity index (χ1n) is 5.93. The van der Waals surface area contributed by atoms with Crippen LogP contribution in [0.2, 0.25) is 0 Å².